The van der Waals surface area contributed by atoms with Gasteiger partial charge >= 0.3 is 0 Å². The zero-order valence-electron chi connectivity index (χ0n) is 17.4. The third-order valence-electron chi connectivity index (χ3n) is 4.85. The SMILES string of the molecule is CCCN(Cc1ccccc1)c1ccc(N=Nc2sc(C#N)c(C)c2C#N)c(C)c1. The van der Waals surface area contributed by atoms with E-state index in [1.54, 1.807) is 6.92 Å². The van der Waals surface area contributed by atoms with E-state index in [-0.39, 0.29) is 0 Å². The van der Waals surface area contributed by atoms with Gasteiger partial charge in [0.15, 0.2) is 5.00 Å². The normalized spacial score (nSPS) is 10.7. The molecule has 30 heavy (non-hydrogen) atoms. The van der Waals surface area contributed by atoms with E-state index in [2.05, 4.69) is 70.6 Å². The molecule has 0 fully saturated rings. The van der Waals surface area contributed by atoms with Gasteiger partial charge in [-0.15, -0.1) is 21.6 Å². The number of nitrogens with zero attached hydrogens (tertiary/aromatic N) is 5. The van der Waals surface area contributed by atoms with Crippen LogP contribution in [0.4, 0.5) is 16.4 Å². The molecule has 0 aliphatic rings. The lowest BCUT2D eigenvalue weighted by Crippen LogP contribution is -2.23. The second-order valence-electron chi connectivity index (χ2n) is 7.04. The first-order valence-electron chi connectivity index (χ1n) is 9.82. The molecule has 0 amide bonds. The number of hydrogen-bond acceptors (Lipinski definition) is 6. The lowest BCUT2D eigenvalue weighted by atomic mass is 10.1. The highest BCUT2D eigenvalue weighted by Gasteiger charge is 2.15. The molecule has 5 nitrogen and oxygen atoms in total. The smallest absolute Gasteiger partial charge is 0.158 e. The summed E-state index contributed by atoms with van der Waals surface area (Å²) >= 11 is 1.20. The van der Waals surface area contributed by atoms with Gasteiger partial charge in [-0.25, -0.2) is 0 Å². The van der Waals surface area contributed by atoms with Crippen LogP contribution >= 0.6 is 11.3 Å². The van der Waals surface area contributed by atoms with E-state index in [0.29, 0.717) is 21.0 Å². The fourth-order valence-corrected chi connectivity index (χ4v) is 4.10. The quantitative estimate of drug-likeness (QED) is 0.394. The third-order valence-corrected chi connectivity index (χ3v) is 5.93. The largest absolute Gasteiger partial charge is 0.367 e. The van der Waals surface area contributed by atoms with Crippen LogP contribution in [0.5, 0.6) is 0 Å². The van der Waals surface area contributed by atoms with Gasteiger partial charge in [0.1, 0.15) is 17.0 Å². The highest BCUT2D eigenvalue weighted by molar-refractivity contribution is 7.16. The van der Waals surface area contributed by atoms with E-state index in [0.717, 1.165) is 36.4 Å². The molecule has 0 saturated heterocycles. The van der Waals surface area contributed by atoms with Crippen molar-refractivity contribution in [2.24, 2.45) is 10.2 Å². The molecule has 0 atom stereocenters. The second kappa shape index (κ2) is 9.82. The first kappa shape index (κ1) is 21.2. The van der Waals surface area contributed by atoms with Crippen molar-refractivity contribution in [1.82, 2.24) is 0 Å². The Bertz CT molecular complexity index is 1130. The summed E-state index contributed by atoms with van der Waals surface area (Å²) in [6.45, 7) is 7.77. The molecule has 0 spiro atoms. The van der Waals surface area contributed by atoms with Crippen molar-refractivity contribution in [2.45, 2.75) is 33.7 Å². The van der Waals surface area contributed by atoms with Crippen molar-refractivity contribution in [3.8, 4) is 12.1 Å². The maximum atomic E-state index is 9.37. The summed E-state index contributed by atoms with van der Waals surface area (Å²) in [6, 6.07) is 20.8. The Morgan fingerprint density at radius 2 is 1.77 bits per heavy atom. The molecule has 0 N–H and O–H groups in total. The molecule has 3 aromatic rings. The second-order valence-corrected chi connectivity index (χ2v) is 8.04. The fourth-order valence-electron chi connectivity index (χ4n) is 3.23. The number of anilines is 1. The molecular weight excluding hydrogens is 390 g/mol. The summed E-state index contributed by atoms with van der Waals surface area (Å²) in [5.74, 6) is 0. The van der Waals surface area contributed by atoms with Crippen molar-refractivity contribution in [3.05, 3.63) is 75.7 Å². The van der Waals surface area contributed by atoms with Crippen molar-refractivity contribution in [1.29, 1.82) is 10.5 Å². The molecule has 0 bridgehead atoms. The van der Waals surface area contributed by atoms with Gasteiger partial charge in [-0.1, -0.05) is 37.3 Å². The maximum Gasteiger partial charge on any atom is 0.158 e. The average Bonchev–Trinajstić information content (AvgIpc) is 3.07. The number of rotatable bonds is 7. The van der Waals surface area contributed by atoms with E-state index in [4.69, 9.17) is 0 Å². The van der Waals surface area contributed by atoms with Crippen LogP contribution in [0.2, 0.25) is 0 Å². The van der Waals surface area contributed by atoms with Crippen LogP contribution in [-0.2, 0) is 6.54 Å². The highest BCUT2D eigenvalue weighted by Crippen LogP contribution is 2.36. The zero-order chi connectivity index (χ0) is 21.5. The predicted molar refractivity (Wildman–Crippen MR) is 122 cm³/mol. The number of aryl methyl sites for hydroxylation is 1. The molecule has 3 rings (SSSR count). The van der Waals surface area contributed by atoms with Gasteiger partial charge in [0.25, 0.3) is 0 Å². The van der Waals surface area contributed by atoms with Gasteiger partial charge in [-0.05, 0) is 55.2 Å². The Morgan fingerprint density at radius 3 is 2.40 bits per heavy atom. The molecule has 150 valence electrons. The van der Waals surface area contributed by atoms with Gasteiger partial charge in [0.2, 0.25) is 0 Å². The van der Waals surface area contributed by atoms with Crippen LogP contribution in [0.1, 0.15) is 40.5 Å². The first-order valence-corrected chi connectivity index (χ1v) is 10.6. The Labute approximate surface area is 181 Å². The van der Waals surface area contributed by atoms with Crippen LogP contribution < -0.4 is 4.90 Å². The van der Waals surface area contributed by atoms with E-state index >= 15 is 0 Å². The molecule has 2 aromatic carbocycles. The van der Waals surface area contributed by atoms with Crippen LogP contribution in [0.3, 0.4) is 0 Å². The molecule has 0 saturated carbocycles. The monoisotopic (exact) mass is 413 g/mol. The summed E-state index contributed by atoms with van der Waals surface area (Å²) in [5, 5.41) is 27.7. The Kier molecular flexibility index (Phi) is 6.95. The summed E-state index contributed by atoms with van der Waals surface area (Å²) in [7, 11) is 0. The van der Waals surface area contributed by atoms with E-state index in [1.165, 1.54) is 16.9 Å². The van der Waals surface area contributed by atoms with Crippen LogP contribution in [-0.4, -0.2) is 6.54 Å². The molecule has 0 unspecified atom stereocenters. The summed E-state index contributed by atoms with van der Waals surface area (Å²) in [5.41, 5.74) is 5.28. The molecule has 6 heteroatoms. The van der Waals surface area contributed by atoms with Gasteiger partial charge in [-0.3, -0.25) is 0 Å². The lowest BCUT2D eigenvalue weighted by Gasteiger charge is -2.25. The summed E-state index contributed by atoms with van der Waals surface area (Å²) in [6.07, 6.45) is 1.06. The molecule has 0 aliphatic heterocycles. The maximum absolute atomic E-state index is 9.37. The number of hydrogen-bond donors (Lipinski definition) is 0. The molecule has 1 aromatic heterocycles. The number of azo groups is 1. The number of nitriles is 2. The number of benzene rings is 2. The Balaban J connectivity index is 1.85. The highest BCUT2D eigenvalue weighted by atomic mass is 32.1. The topological polar surface area (TPSA) is 75.5 Å². The van der Waals surface area contributed by atoms with Crippen molar-refractivity contribution < 1.29 is 0 Å². The number of thiophene rings is 1. The fraction of sp³-hybridized carbons (Fsp3) is 0.250. The molecule has 0 radical (unpaired) electrons. The van der Waals surface area contributed by atoms with Crippen LogP contribution in [0.15, 0.2) is 58.8 Å². The van der Waals surface area contributed by atoms with E-state index in [1.807, 2.05) is 19.1 Å². The summed E-state index contributed by atoms with van der Waals surface area (Å²) in [4.78, 5) is 2.86. The minimum Gasteiger partial charge on any atom is -0.367 e. The van der Waals surface area contributed by atoms with Crippen molar-refractivity contribution >= 4 is 27.7 Å². The van der Waals surface area contributed by atoms with Gasteiger partial charge in [-0.2, -0.15) is 10.5 Å². The minimum atomic E-state index is 0.423. The summed E-state index contributed by atoms with van der Waals surface area (Å²) < 4.78 is 0. The van der Waals surface area contributed by atoms with Gasteiger partial charge in [0.05, 0.1) is 11.3 Å². The van der Waals surface area contributed by atoms with Gasteiger partial charge in [0, 0.05) is 18.8 Å². The first-order chi connectivity index (χ1) is 14.6. The predicted octanol–water partition coefficient (Wildman–Crippen LogP) is 6.94. The van der Waals surface area contributed by atoms with Crippen molar-refractivity contribution in [2.75, 3.05) is 11.4 Å². The lowest BCUT2D eigenvalue weighted by molar-refractivity contribution is 0.767. The molecular formula is C24H23N5S. The Morgan fingerprint density at radius 1 is 1.00 bits per heavy atom. The zero-order valence-corrected chi connectivity index (χ0v) is 18.2. The van der Waals surface area contributed by atoms with Crippen molar-refractivity contribution in [3.63, 3.8) is 0 Å². The third kappa shape index (κ3) is 4.74. The average molecular weight is 414 g/mol. The standard InChI is InChI=1S/C24H23N5S/c1-4-12-29(16-19-8-6-5-7-9-19)20-10-11-22(17(2)13-20)27-28-24-21(14-25)18(3)23(15-26)30-24/h5-11,13H,4,12,16H2,1-3H3. The van der Waals surface area contributed by atoms with Crippen LogP contribution in [0.25, 0.3) is 0 Å². The van der Waals surface area contributed by atoms with Crippen LogP contribution in [0, 0.1) is 36.5 Å². The minimum absolute atomic E-state index is 0.423. The molecule has 1 heterocycles. The van der Waals surface area contributed by atoms with E-state index < -0.39 is 0 Å². The molecule has 0 aliphatic carbocycles. The van der Waals surface area contributed by atoms with E-state index in [9.17, 15) is 10.5 Å². The van der Waals surface area contributed by atoms with Gasteiger partial charge < -0.3 is 4.90 Å². The Hall–Kier alpha value is -3.48.